The van der Waals surface area contributed by atoms with Crippen LogP contribution < -0.4 is 0 Å². The quantitative estimate of drug-likeness (QED) is 0.741. The van der Waals surface area contributed by atoms with Crippen LogP contribution >= 0.6 is 0 Å². The van der Waals surface area contributed by atoms with Crippen molar-refractivity contribution in [1.29, 1.82) is 5.26 Å². The van der Waals surface area contributed by atoms with E-state index in [0.717, 1.165) is 5.69 Å². The zero-order valence-electron chi connectivity index (χ0n) is 8.84. The lowest BCUT2D eigenvalue weighted by Gasteiger charge is -2.17. The maximum atomic E-state index is 11.6. The van der Waals surface area contributed by atoms with Crippen LogP contribution in [0.3, 0.4) is 0 Å². The summed E-state index contributed by atoms with van der Waals surface area (Å²) in [5.41, 5.74) is 0.818. The Morgan fingerprint density at radius 1 is 1.67 bits per heavy atom. The van der Waals surface area contributed by atoms with Gasteiger partial charge in [-0.05, 0) is 19.1 Å². The molecule has 0 saturated carbocycles. The van der Waals surface area contributed by atoms with Gasteiger partial charge in [-0.25, -0.2) is 0 Å². The Hall–Kier alpha value is -1.89. The molecular weight excluding hydrogens is 190 g/mol. The number of hydrogen-bond acceptors (Lipinski definition) is 3. The third-order valence-corrected chi connectivity index (χ3v) is 2.07. The van der Waals surface area contributed by atoms with Crippen LogP contribution in [0.25, 0.3) is 0 Å². The normalized spacial score (nSPS) is 11.5. The lowest BCUT2D eigenvalue weighted by Crippen LogP contribution is -2.30. The molecule has 78 valence electrons. The van der Waals surface area contributed by atoms with Crippen LogP contribution in [0.5, 0.6) is 0 Å². The maximum Gasteiger partial charge on any atom is 0.239 e. The number of pyridine rings is 1. The number of rotatable bonds is 3. The largest absolute Gasteiger partial charge is 0.339 e. The predicted molar refractivity (Wildman–Crippen MR) is 55.5 cm³/mol. The van der Waals surface area contributed by atoms with Crippen molar-refractivity contribution < 1.29 is 4.79 Å². The van der Waals surface area contributed by atoms with E-state index in [0.29, 0.717) is 6.54 Å². The van der Waals surface area contributed by atoms with Gasteiger partial charge in [0.25, 0.3) is 0 Å². The average Bonchev–Trinajstić information content (AvgIpc) is 2.28. The van der Waals surface area contributed by atoms with Gasteiger partial charge in [-0.15, -0.1) is 0 Å². The van der Waals surface area contributed by atoms with Crippen LogP contribution in [0.1, 0.15) is 12.6 Å². The smallest absolute Gasteiger partial charge is 0.239 e. The van der Waals surface area contributed by atoms with E-state index in [1.54, 1.807) is 20.2 Å². The summed E-state index contributed by atoms with van der Waals surface area (Å²) >= 11 is 0. The molecule has 0 fully saturated rings. The molecule has 0 bridgehead atoms. The Kier molecular flexibility index (Phi) is 3.81. The first-order valence-corrected chi connectivity index (χ1v) is 4.69. The van der Waals surface area contributed by atoms with E-state index < -0.39 is 5.92 Å². The molecule has 4 heteroatoms. The lowest BCUT2D eigenvalue weighted by molar-refractivity contribution is -0.132. The van der Waals surface area contributed by atoms with Crippen molar-refractivity contribution in [3.8, 4) is 6.07 Å². The van der Waals surface area contributed by atoms with Gasteiger partial charge in [0.2, 0.25) is 5.91 Å². The molecule has 0 aliphatic heterocycles. The van der Waals surface area contributed by atoms with E-state index >= 15 is 0 Å². The topological polar surface area (TPSA) is 57.0 Å². The Morgan fingerprint density at radius 2 is 2.40 bits per heavy atom. The lowest BCUT2D eigenvalue weighted by atomic mass is 10.2. The number of aromatic nitrogens is 1. The van der Waals surface area contributed by atoms with Gasteiger partial charge in [0.15, 0.2) is 0 Å². The molecule has 1 aromatic rings. The first-order chi connectivity index (χ1) is 7.15. The molecule has 0 aliphatic carbocycles. The molecule has 4 nitrogen and oxygen atoms in total. The van der Waals surface area contributed by atoms with Crippen molar-refractivity contribution in [3.05, 3.63) is 30.1 Å². The van der Waals surface area contributed by atoms with Gasteiger partial charge in [0.05, 0.1) is 18.3 Å². The zero-order chi connectivity index (χ0) is 11.3. The predicted octanol–water partition coefficient (Wildman–Crippen LogP) is 1.20. The second kappa shape index (κ2) is 5.11. The van der Waals surface area contributed by atoms with Gasteiger partial charge in [-0.2, -0.15) is 5.26 Å². The number of carbonyl (C=O) groups excluding carboxylic acids is 1. The van der Waals surface area contributed by atoms with Crippen LogP contribution in [-0.4, -0.2) is 22.8 Å². The van der Waals surface area contributed by atoms with E-state index in [9.17, 15) is 4.79 Å². The fourth-order valence-corrected chi connectivity index (χ4v) is 1.20. The molecular formula is C11H13N3O. The molecule has 0 saturated heterocycles. The number of carbonyl (C=O) groups is 1. The first-order valence-electron chi connectivity index (χ1n) is 4.69. The number of amides is 1. The Balaban J connectivity index is 2.61. The first kappa shape index (κ1) is 11.2. The molecule has 1 amide bonds. The third kappa shape index (κ3) is 3.06. The van der Waals surface area contributed by atoms with E-state index in [1.807, 2.05) is 24.3 Å². The highest BCUT2D eigenvalue weighted by Crippen LogP contribution is 2.04. The molecule has 15 heavy (non-hydrogen) atoms. The summed E-state index contributed by atoms with van der Waals surface area (Å²) in [7, 11) is 1.67. The van der Waals surface area contributed by atoms with Crippen LogP contribution in [0.4, 0.5) is 0 Å². The Morgan fingerprint density at radius 3 is 2.93 bits per heavy atom. The van der Waals surface area contributed by atoms with E-state index in [1.165, 1.54) is 4.90 Å². The average molecular weight is 203 g/mol. The molecule has 0 aromatic carbocycles. The van der Waals surface area contributed by atoms with Crippen LogP contribution in [-0.2, 0) is 11.3 Å². The Labute approximate surface area is 89.2 Å². The monoisotopic (exact) mass is 203 g/mol. The fraction of sp³-hybridized carbons (Fsp3) is 0.364. The fourth-order valence-electron chi connectivity index (χ4n) is 1.20. The molecule has 0 spiro atoms. The SMILES string of the molecule is CC(C#N)C(=O)N(C)Cc1ccccn1. The highest BCUT2D eigenvalue weighted by atomic mass is 16.2. The number of hydrogen-bond donors (Lipinski definition) is 0. The van der Waals surface area contributed by atoms with Gasteiger partial charge < -0.3 is 4.90 Å². The minimum absolute atomic E-state index is 0.178. The highest BCUT2D eigenvalue weighted by molar-refractivity contribution is 5.80. The second-order valence-electron chi connectivity index (χ2n) is 3.37. The molecule has 1 heterocycles. The second-order valence-corrected chi connectivity index (χ2v) is 3.37. The van der Waals surface area contributed by atoms with Crippen molar-refractivity contribution in [2.45, 2.75) is 13.5 Å². The van der Waals surface area contributed by atoms with E-state index in [-0.39, 0.29) is 5.91 Å². The minimum atomic E-state index is -0.598. The molecule has 0 N–H and O–H groups in total. The minimum Gasteiger partial charge on any atom is -0.339 e. The van der Waals surface area contributed by atoms with Gasteiger partial charge in [0, 0.05) is 13.2 Å². The van der Waals surface area contributed by atoms with Crippen molar-refractivity contribution in [3.63, 3.8) is 0 Å². The third-order valence-electron chi connectivity index (χ3n) is 2.07. The van der Waals surface area contributed by atoms with E-state index in [2.05, 4.69) is 4.98 Å². The van der Waals surface area contributed by atoms with Gasteiger partial charge in [-0.1, -0.05) is 6.07 Å². The molecule has 1 atom stereocenters. The molecule has 1 rings (SSSR count). The summed E-state index contributed by atoms with van der Waals surface area (Å²) in [6, 6.07) is 7.46. The maximum absolute atomic E-state index is 11.6. The summed E-state index contributed by atoms with van der Waals surface area (Å²) in [4.78, 5) is 17.2. The van der Waals surface area contributed by atoms with Gasteiger partial charge in [-0.3, -0.25) is 9.78 Å². The van der Waals surface area contributed by atoms with Crippen molar-refractivity contribution in [2.75, 3.05) is 7.05 Å². The molecule has 1 aromatic heterocycles. The Bertz CT molecular complexity index is 369. The molecule has 0 aliphatic rings. The summed E-state index contributed by atoms with van der Waals surface area (Å²) in [6.45, 7) is 2.03. The molecule has 0 radical (unpaired) electrons. The number of nitrogens with zero attached hydrogens (tertiary/aromatic N) is 3. The van der Waals surface area contributed by atoms with E-state index in [4.69, 9.17) is 5.26 Å². The van der Waals surface area contributed by atoms with Crippen molar-refractivity contribution in [1.82, 2.24) is 9.88 Å². The zero-order valence-corrected chi connectivity index (χ0v) is 8.84. The summed E-state index contributed by atoms with van der Waals surface area (Å²) < 4.78 is 0. The summed E-state index contributed by atoms with van der Waals surface area (Å²) in [5.74, 6) is -0.776. The summed E-state index contributed by atoms with van der Waals surface area (Å²) in [5, 5.41) is 8.61. The standard InChI is InChI=1S/C11H13N3O/c1-9(7-12)11(15)14(2)8-10-5-3-4-6-13-10/h3-6,9H,8H2,1-2H3. The molecule has 1 unspecified atom stereocenters. The highest BCUT2D eigenvalue weighted by Gasteiger charge is 2.16. The van der Waals surface area contributed by atoms with Gasteiger partial charge in [0.1, 0.15) is 5.92 Å². The van der Waals surface area contributed by atoms with Crippen LogP contribution in [0, 0.1) is 17.2 Å². The van der Waals surface area contributed by atoms with Crippen molar-refractivity contribution in [2.24, 2.45) is 5.92 Å². The van der Waals surface area contributed by atoms with Crippen LogP contribution in [0.2, 0.25) is 0 Å². The van der Waals surface area contributed by atoms with Crippen LogP contribution in [0.15, 0.2) is 24.4 Å². The number of nitriles is 1. The van der Waals surface area contributed by atoms with Crippen molar-refractivity contribution >= 4 is 5.91 Å². The van der Waals surface area contributed by atoms with Gasteiger partial charge >= 0.3 is 0 Å². The summed E-state index contributed by atoms with van der Waals surface area (Å²) in [6.07, 6.45) is 1.68.